The van der Waals surface area contributed by atoms with E-state index in [9.17, 15) is 4.79 Å². The van der Waals surface area contributed by atoms with Crippen LogP contribution in [-0.2, 0) is 6.54 Å². The molecule has 86 valence electrons. The Balaban J connectivity index is 2.54. The molecule has 0 aliphatic rings. The molecule has 0 spiro atoms. The minimum atomic E-state index is -0.308. The molecule has 0 aliphatic carbocycles. The second kappa shape index (κ2) is 4.34. The lowest BCUT2D eigenvalue weighted by atomic mass is 10.1. The van der Waals surface area contributed by atoms with Gasteiger partial charge in [-0.2, -0.15) is 0 Å². The third-order valence-electron chi connectivity index (χ3n) is 2.82. The second-order valence-corrected chi connectivity index (χ2v) is 4.54. The van der Waals surface area contributed by atoms with E-state index in [1.54, 1.807) is 22.8 Å². The highest BCUT2D eigenvalue weighted by Gasteiger charge is 2.11. The number of benzene rings is 1. The first kappa shape index (κ1) is 11.3. The van der Waals surface area contributed by atoms with Gasteiger partial charge in [0.15, 0.2) is 5.58 Å². The van der Waals surface area contributed by atoms with E-state index in [2.05, 4.69) is 13.8 Å². The summed E-state index contributed by atoms with van der Waals surface area (Å²) in [5, 5.41) is 0.617. The molecule has 16 heavy (non-hydrogen) atoms. The first-order valence-corrected chi connectivity index (χ1v) is 5.78. The fourth-order valence-electron chi connectivity index (χ4n) is 1.65. The Morgan fingerprint density at radius 3 is 2.94 bits per heavy atom. The molecule has 1 atom stereocenters. The SMILES string of the molecule is CCC(C)Cn1c(=O)oc2ccc(Cl)cc21. The van der Waals surface area contributed by atoms with E-state index in [4.69, 9.17) is 16.0 Å². The van der Waals surface area contributed by atoms with Crippen LogP contribution in [0.3, 0.4) is 0 Å². The normalized spacial score (nSPS) is 13.2. The molecule has 1 aromatic heterocycles. The third-order valence-corrected chi connectivity index (χ3v) is 3.06. The van der Waals surface area contributed by atoms with Crippen LogP contribution in [0.25, 0.3) is 11.1 Å². The number of hydrogen-bond donors (Lipinski definition) is 0. The van der Waals surface area contributed by atoms with Gasteiger partial charge < -0.3 is 4.42 Å². The Morgan fingerprint density at radius 2 is 2.25 bits per heavy atom. The molecule has 0 saturated carbocycles. The molecule has 4 heteroatoms. The van der Waals surface area contributed by atoms with Crippen molar-refractivity contribution in [3.8, 4) is 0 Å². The Hall–Kier alpha value is -1.22. The monoisotopic (exact) mass is 239 g/mol. The summed E-state index contributed by atoms with van der Waals surface area (Å²) in [5.74, 6) is 0.134. The molecular formula is C12H14ClNO2. The molecule has 2 aromatic rings. The summed E-state index contributed by atoms with van der Waals surface area (Å²) in [7, 11) is 0. The van der Waals surface area contributed by atoms with E-state index in [0.717, 1.165) is 11.9 Å². The topological polar surface area (TPSA) is 35.1 Å². The van der Waals surface area contributed by atoms with Crippen molar-refractivity contribution in [2.45, 2.75) is 26.8 Å². The fraction of sp³-hybridized carbons (Fsp3) is 0.417. The molecule has 0 radical (unpaired) electrons. The van der Waals surface area contributed by atoms with Crippen LogP contribution in [0.1, 0.15) is 20.3 Å². The molecule has 0 bridgehead atoms. The molecule has 1 aromatic carbocycles. The van der Waals surface area contributed by atoms with Gasteiger partial charge in [-0.05, 0) is 24.1 Å². The van der Waals surface area contributed by atoms with Crippen molar-refractivity contribution >= 4 is 22.7 Å². The summed E-state index contributed by atoms with van der Waals surface area (Å²) in [6.07, 6.45) is 1.03. The summed E-state index contributed by atoms with van der Waals surface area (Å²) in [6.45, 7) is 4.88. The lowest BCUT2D eigenvalue weighted by Crippen LogP contribution is -2.18. The molecule has 0 N–H and O–H groups in total. The van der Waals surface area contributed by atoms with Gasteiger partial charge in [-0.25, -0.2) is 4.79 Å². The fourth-order valence-corrected chi connectivity index (χ4v) is 1.82. The van der Waals surface area contributed by atoms with Crippen LogP contribution >= 0.6 is 11.6 Å². The first-order valence-electron chi connectivity index (χ1n) is 5.40. The van der Waals surface area contributed by atoms with Crippen LogP contribution < -0.4 is 5.76 Å². The largest absolute Gasteiger partial charge is 0.419 e. The van der Waals surface area contributed by atoms with Gasteiger partial charge in [0.25, 0.3) is 0 Å². The summed E-state index contributed by atoms with van der Waals surface area (Å²) in [4.78, 5) is 11.7. The van der Waals surface area contributed by atoms with E-state index in [0.29, 0.717) is 23.1 Å². The van der Waals surface area contributed by atoms with E-state index in [-0.39, 0.29) is 5.76 Å². The molecule has 1 unspecified atom stereocenters. The van der Waals surface area contributed by atoms with Crippen molar-refractivity contribution < 1.29 is 4.42 Å². The van der Waals surface area contributed by atoms with Crippen molar-refractivity contribution in [3.05, 3.63) is 33.8 Å². The highest BCUT2D eigenvalue weighted by atomic mass is 35.5. The third kappa shape index (κ3) is 2.00. The average Bonchev–Trinajstić information content (AvgIpc) is 2.55. The van der Waals surface area contributed by atoms with Crippen LogP contribution in [0, 0.1) is 5.92 Å². The smallest absolute Gasteiger partial charge is 0.408 e. The summed E-state index contributed by atoms with van der Waals surface area (Å²) < 4.78 is 6.80. The number of halogens is 1. The highest BCUT2D eigenvalue weighted by molar-refractivity contribution is 6.31. The number of nitrogens with zero attached hydrogens (tertiary/aromatic N) is 1. The second-order valence-electron chi connectivity index (χ2n) is 4.10. The lowest BCUT2D eigenvalue weighted by Gasteiger charge is -2.08. The summed E-state index contributed by atoms with van der Waals surface area (Å²) in [5.41, 5.74) is 1.37. The quantitative estimate of drug-likeness (QED) is 0.824. The predicted molar refractivity (Wildman–Crippen MR) is 64.9 cm³/mol. The van der Waals surface area contributed by atoms with Gasteiger partial charge in [-0.1, -0.05) is 31.9 Å². The molecule has 3 nitrogen and oxygen atoms in total. The number of hydrogen-bond acceptors (Lipinski definition) is 2. The summed E-state index contributed by atoms with van der Waals surface area (Å²) in [6, 6.07) is 5.22. The molecule has 0 saturated heterocycles. The number of rotatable bonds is 3. The van der Waals surface area contributed by atoms with Gasteiger partial charge in [-0.3, -0.25) is 4.57 Å². The van der Waals surface area contributed by atoms with E-state index >= 15 is 0 Å². The van der Waals surface area contributed by atoms with Crippen molar-refractivity contribution in [2.75, 3.05) is 0 Å². The zero-order valence-electron chi connectivity index (χ0n) is 9.37. The van der Waals surface area contributed by atoms with Crippen LogP contribution in [-0.4, -0.2) is 4.57 Å². The average molecular weight is 240 g/mol. The Labute approximate surface area is 98.6 Å². The Morgan fingerprint density at radius 1 is 1.50 bits per heavy atom. The molecule has 0 fully saturated rings. The standard InChI is InChI=1S/C12H14ClNO2/c1-3-8(2)7-14-10-6-9(13)4-5-11(10)16-12(14)15/h4-6,8H,3,7H2,1-2H3. The van der Waals surface area contributed by atoms with Crippen LogP contribution in [0.4, 0.5) is 0 Å². The molecule has 0 amide bonds. The van der Waals surface area contributed by atoms with E-state index in [1.165, 1.54) is 0 Å². The summed E-state index contributed by atoms with van der Waals surface area (Å²) >= 11 is 5.91. The van der Waals surface area contributed by atoms with Gasteiger partial charge in [0.05, 0.1) is 5.52 Å². The van der Waals surface area contributed by atoms with E-state index in [1.807, 2.05) is 0 Å². The maximum Gasteiger partial charge on any atom is 0.419 e. The Kier molecular flexibility index (Phi) is 3.06. The van der Waals surface area contributed by atoms with Gasteiger partial charge in [-0.15, -0.1) is 0 Å². The molecule has 0 aliphatic heterocycles. The Bertz CT molecular complexity index is 556. The minimum Gasteiger partial charge on any atom is -0.408 e. The van der Waals surface area contributed by atoms with Crippen molar-refractivity contribution in [2.24, 2.45) is 5.92 Å². The maximum atomic E-state index is 11.7. The molecule has 2 rings (SSSR count). The number of aromatic nitrogens is 1. The van der Waals surface area contributed by atoms with Gasteiger partial charge in [0.1, 0.15) is 0 Å². The number of oxazole rings is 1. The van der Waals surface area contributed by atoms with Crippen molar-refractivity contribution in [1.29, 1.82) is 0 Å². The van der Waals surface area contributed by atoms with Gasteiger partial charge in [0.2, 0.25) is 0 Å². The maximum absolute atomic E-state index is 11.7. The zero-order chi connectivity index (χ0) is 11.7. The number of fused-ring (bicyclic) bond motifs is 1. The van der Waals surface area contributed by atoms with Crippen LogP contribution in [0.2, 0.25) is 5.02 Å². The van der Waals surface area contributed by atoms with E-state index < -0.39 is 0 Å². The minimum absolute atomic E-state index is 0.308. The first-order chi connectivity index (χ1) is 7.61. The molecular weight excluding hydrogens is 226 g/mol. The zero-order valence-corrected chi connectivity index (χ0v) is 10.1. The van der Waals surface area contributed by atoms with Gasteiger partial charge >= 0.3 is 5.76 Å². The van der Waals surface area contributed by atoms with Gasteiger partial charge in [0, 0.05) is 11.6 Å². The van der Waals surface area contributed by atoms with Crippen LogP contribution in [0.15, 0.2) is 27.4 Å². The van der Waals surface area contributed by atoms with Crippen molar-refractivity contribution in [3.63, 3.8) is 0 Å². The predicted octanol–water partition coefficient (Wildman–Crippen LogP) is 3.29. The van der Waals surface area contributed by atoms with Crippen LogP contribution in [0.5, 0.6) is 0 Å². The van der Waals surface area contributed by atoms with Crippen molar-refractivity contribution in [1.82, 2.24) is 4.57 Å². The molecule has 1 heterocycles. The lowest BCUT2D eigenvalue weighted by molar-refractivity contribution is 0.430. The highest BCUT2D eigenvalue weighted by Crippen LogP contribution is 2.19.